The van der Waals surface area contributed by atoms with Crippen LogP contribution in [0.2, 0.25) is 25.2 Å². The molecule has 0 aromatic heterocycles. The van der Waals surface area contributed by atoms with Crippen LogP contribution in [0.3, 0.4) is 0 Å². The third kappa shape index (κ3) is 3.60. The van der Waals surface area contributed by atoms with E-state index in [9.17, 15) is 0 Å². The Bertz CT molecular complexity index is 188. The summed E-state index contributed by atoms with van der Waals surface area (Å²) in [5.41, 5.74) is 1.06. The maximum atomic E-state index is 2.55. The average Bonchev–Trinajstić information content (AvgIpc) is 2.14. The Morgan fingerprint density at radius 1 is 1.36 bits per heavy atom. The molecule has 0 saturated heterocycles. The van der Waals surface area contributed by atoms with Crippen LogP contribution in [0.5, 0.6) is 0 Å². The van der Waals surface area contributed by atoms with Gasteiger partial charge in [0.2, 0.25) is 0 Å². The molecule has 1 rings (SSSR count). The molecule has 81 valence electrons. The van der Waals surface area contributed by atoms with Crippen LogP contribution in [-0.4, -0.2) is 8.07 Å². The lowest BCUT2D eigenvalue weighted by molar-refractivity contribution is 0.441. The first-order chi connectivity index (χ1) is 6.54. The predicted octanol–water partition coefficient (Wildman–Crippen LogP) is 4.67. The molecule has 1 fully saturated rings. The molecule has 2 unspecified atom stereocenters. The minimum atomic E-state index is -0.881. The lowest BCUT2D eigenvalue weighted by Crippen LogP contribution is -2.32. The molecule has 1 aliphatic carbocycles. The molecule has 0 aromatic carbocycles. The molecule has 0 aromatic rings. The summed E-state index contributed by atoms with van der Waals surface area (Å²) in [5, 5.41) is 0. The van der Waals surface area contributed by atoms with Crippen LogP contribution in [0.15, 0.2) is 12.2 Å². The van der Waals surface area contributed by atoms with E-state index in [0.717, 1.165) is 11.5 Å². The number of hydrogen-bond acceptors (Lipinski definition) is 0. The van der Waals surface area contributed by atoms with Gasteiger partial charge in [0, 0.05) is 8.07 Å². The maximum absolute atomic E-state index is 2.55. The van der Waals surface area contributed by atoms with Crippen LogP contribution in [0.4, 0.5) is 0 Å². The van der Waals surface area contributed by atoms with Crippen molar-refractivity contribution in [3.05, 3.63) is 18.6 Å². The maximum Gasteiger partial charge on any atom is 0.0473 e. The second-order valence-corrected chi connectivity index (χ2v) is 11.2. The summed E-state index contributed by atoms with van der Waals surface area (Å²) in [6.07, 6.45) is 12.6. The van der Waals surface area contributed by atoms with Crippen molar-refractivity contribution in [2.75, 3.05) is 0 Å². The van der Waals surface area contributed by atoms with E-state index >= 15 is 0 Å². The third-order valence-electron chi connectivity index (χ3n) is 3.50. The van der Waals surface area contributed by atoms with Gasteiger partial charge in [0.1, 0.15) is 0 Å². The van der Waals surface area contributed by atoms with Crippen LogP contribution in [-0.2, 0) is 0 Å². The Hall–Kier alpha value is -0.0431. The van der Waals surface area contributed by atoms with E-state index in [4.69, 9.17) is 0 Å². The highest BCUT2D eigenvalue weighted by Crippen LogP contribution is 2.40. The van der Waals surface area contributed by atoms with E-state index < -0.39 is 8.07 Å². The number of hydrogen-bond donors (Lipinski definition) is 0. The van der Waals surface area contributed by atoms with Crippen molar-refractivity contribution in [2.24, 2.45) is 5.92 Å². The van der Waals surface area contributed by atoms with Gasteiger partial charge in [0.15, 0.2) is 0 Å². The minimum Gasteiger partial charge on any atom is -0.0917 e. The molecule has 0 bridgehead atoms. The first-order valence-corrected chi connectivity index (χ1v) is 9.56. The first kappa shape index (κ1) is 12.0. The highest BCUT2D eigenvalue weighted by Gasteiger charge is 2.31. The van der Waals surface area contributed by atoms with Crippen molar-refractivity contribution in [1.29, 1.82) is 0 Å². The molecule has 1 radical (unpaired) electrons. The topological polar surface area (TPSA) is 0 Å². The van der Waals surface area contributed by atoms with E-state index in [1.54, 1.807) is 0 Å². The van der Waals surface area contributed by atoms with Crippen LogP contribution in [0.25, 0.3) is 0 Å². The summed E-state index contributed by atoms with van der Waals surface area (Å²) in [4.78, 5) is 0. The lowest BCUT2D eigenvalue weighted by atomic mass is 9.86. The monoisotopic (exact) mass is 209 g/mol. The van der Waals surface area contributed by atoms with Crippen molar-refractivity contribution in [2.45, 2.75) is 57.8 Å². The summed E-state index contributed by atoms with van der Waals surface area (Å²) in [6.45, 7) is 9.69. The fourth-order valence-electron chi connectivity index (χ4n) is 2.40. The number of allylic oxidation sites excluding steroid dienone is 2. The molecule has 0 amide bonds. The molecule has 0 spiro atoms. The summed E-state index contributed by atoms with van der Waals surface area (Å²) >= 11 is 0. The van der Waals surface area contributed by atoms with Gasteiger partial charge in [-0.25, -0.2) is 0 Å². The van der Waals surface area contributed by atoms with Crippen LogP contribution >= 0.6 is 0 Å². The van der Waals surface area contributed by atoms with Crippen molar-refractivity contribution >= 4 is 8.07 Å². The second-order valence-electron chi connectivity index (χ2n) is 5.68. The zero-order valence-electron chi connectivity index (χ0n) is 10.2. The zero-order valence-corrected chi connectivity index (χ0v) is 11.2. The summed E-state index contributed by atoms with van der Waals surface area (Å²) < 4.78 is 0. The quantitative estimate of drug-likeness (QED) is 0.468. The van der Waals surface area contributed by atoms with Gasteiger partial charge < -0.3 is 0 Å². The Kier molecular flexibility index (Phi) is 4.43. The molecule has 1 heteroatoms. The van der Waals surface area contributed by atoms with E-state index in [2.05, 4.69) is 45.1 Å². The third-order valence-corrected chi connectivity index (χ3v) is 6.48. The standard InChI is InChI=1S/C13H25Si/c1-5-6-8-12-9-7-10-13(11-12)14(2,3)4/h5-6,9,12-13H,7-8,10-11H2,1-4H3. The molecular weight excluding hydrogens is 184 g/mol. The van der Waals surface area contributed by atoms with Gasteiger partial charge in [-0.2, -0.15) is 0 Å². The Morgan fingerprint density at radius 3 is 2.64 bits per heavy atom. The van der Waals surface area contributed by atoms with E-state index in [0.29, 0.717) is 0 Å². The summed E-state index contributed by atoms with van der Waals surface area (Å²) in [5.74, 6) is 0.872. The minimum absolute atomic E-state index is 0.872. The number of rotatable bonds is 3. The molecule has 0 N–H and O–H groups in total. The van der Waals surface area contributed by atoms with Gasteiger partial charge in [0.05, 0.1) is 0 Å². The summed E-state index contributed by atoms with van der Waals surface area (Å²) in [7, 11) is -0.881. The van der Waals surface area contributed by atoms with Crippen LogP contribution in [0, 0.1) is 12.3 Å². The average molecular weight is 209 g/mol. The normalized spacial score (nSPS) is 29.7. The van der Waals surface area contributed by atoms with Crippen LogP contribution < -0.4 is 0 Å². The van der Waals surface area contributed by atoms with Gasteiger partial charge in [-0.3, -0.25) is 0 Å². The van der Waals surface area contributed by atoms with Gasteiger partial charge in [-0.05, 0) is 44.1 Å². The zero-order chi connectivity index (χ0) is 10.6. The molecule has 1 saturated carbocycles. The van der Waals surface area contributed by atoms with E-state index in [1.165, 1.54) is 25.7 Å². The highest BCUT2D eigenvalue weighted by molar-refractivity contribution is 6.77. The van der Waals surface area contributed by atoms with Crippen molar-refractivity contribution in [3.8, 4) is 0 Å². The van der Waals surface area contributed by atoms with E-state index in [-0.39, 0.29) is 0 Å². The molecule has 0 aliphatic heterocycles. The Morgan fingerprint density at radius 2 is 2.07 bits per heavy atom. The highest BCUT2D eigenvalue weighted by atomic mass is 28.3. The molecule has 1 aliphatic rings. The van der Waals surface area contributed by atoms with Crippen LogP contribution in [0.1, 0.15) is 32.6 Å². The molecular formula is C13H25Si. The van der Waals surface area contributed by atoms with Gasteiger partial charge in [0.25, 0.3) is 0 Å². The van der Waals surface area contributed by atoms with Gasteiger partial charge in [-0.1, -0.05) is 38.2 Å². The SMILES string of the molecule is CC=CCC1[CH]CCC([Si](C)(C)C)C1. The molecule has 0 nitrogen and oxygen atoms in total. The molecule has 0 heterocycles. The lowest BCUT2D eigenvalue weighted by Gasteiger charge is -2.36. The largest absolute Gasteiger partial charge is 0.0917 e. The van der Waals surface area contributed by atoms with Gasteiger partial charge in [-0.15, -0.1) is 0 Å². The smallest absolute Gasteiger partial charge is 0.0473 e. The molecule has 14 heavy (non-hydrogen) atoms. The van der Waals surface area contributed by atoms with E-state index in [1.807, 2.05) is 0 Å². The van der Waals surface area contributed by atoms with Gasteiger partial charge >= 0.3 is 0 Å². The first-order valence-electron chi connectivity index (χ1n) is 5.98. The fraction of sp³-hybridized carbons (Fsp3) is 0.769. The molecule has 2 atom stereocenters. The Balaban J connectivity index is 2.43. The van der Waals surface area contributed by atoms with Crippen molar-refractivity contribution < 1.29 is 0 Å². The van der Waals surface area contributed by atoms with Crippen molar-refractivity contribution in [1.82, 2.24) is 0 Å². The van der Waals surface area contributed by atoms with Crippen molar-refractivity contribution in [3.63, 3.8) is 0 Å². The second kappa shape index (κ2) is 5.15. The fourth-order valence-corrected chi connectivity index (χ4v) is 4.45. The Labute approximate surface area is 90.8 Å². The summed E-state index contributed by atoms with van der Waals surface area (Å²) in [6, 6.07) is 0. The predicted molar refractivity (Wildman–Crippen MR) is 68.2 cm³/mol.